The number of ether oxygens (including phenoxy) is 1. The molecule has 7 nitrogen and oxygen atoms in total. The number of anilines is 1. The third kappa shape index (κ3) is 3.97. The summed E-state index contributed by atoms with van der Waals surface area (Å²) in [5, 5.41) is 0. The first-order valence-corrected chi connectivity index (χ1v) is 13.6. The summed E-state index contributed by atoms with van der Waals surface area (Å²) < 4.78 is 10.8. The maximum atomic E-state index is 6.43. The van der Waals surface area contributed by atoms with Crippen LogP contribution in [0.15, 0.2) is 91.4 Å². The van der Waals surface area contributed by atoms with Gasteiger partial charge in [-0.2, -0.15) is 0 Å². The second-order valence-corrected chi connectivity index (χ2v) is 11.6. The lowest BCUT2D eigenvalue weighted by molar-refractivity contribution is 0.481. The van der Waals surface area contributed by atoms with Crippen molar-refractivity contribution in [2.45, 2.75) is 33.1 Å². The Labute approximate surface area is 233 Å². The standard InChI is InChI=1S/C33H32N6O/c1-22-8-6-11-28-31(22)35-32-38(28)27-13-12-26(40-25-10-7-9-24(19-25)37-17-16-36(5)21-37)20-29(27)39(32)30-18-23(14-15-34-30)33(2,3)4/h6-20H,21H2,1-5H3. The molecule has 0 aliphatic carbocycles. The maximum absolute atomic E-state index is 6.43. The van der Waals surface area contributed by atoms with E-state index < -0.39 is 0 Å². The van der Waals surface area contributed by atoms with E-state index >= 15 is 0 Å². The highest BCUT2D eigenvalue weighted by atomic mass is 16.5. The van der Waals surface area contributed by atoms with Gasteiger partial charge in [0.2, 0.25) is 5.78 Å². The molecule has 0 N–H and O–H groups in total. The molecule has 7 heteroatoms. The molecule has 0 fully saturated rings. The molecule has 0 unspecified atom stereocenters. The molecule has 0 spiro atoms. The first-order valence-electron chi connectivity index (χ1n) is 13.6. The molecule has 1 aliphatic rings. The number of hydrogen-bond acceptors (Lipinski definition) is 5. The fourth-order valence-corrected chi connectivity index (χ4v) is 5.45. The van der Waals surface area contributed by atoms with E-state index in [0.29, 0.717) is 0 Å². The van der Waals surface area contributed by atoms with E-state index in [1.165, 1.54) is 5.56 Å². The van der Waals surface area contributed by atoms with Crippen LogP contribution in [0.3, 0.4) is 0 Å². The van der Waals surface area contributed by atoms with Gasteiger partial charge in [0, 0.05) is 43.5 Å². The average molecular weight is 529 g/mol. The van der Waals surface area contributed by atoms with Gasteiger partial charge >= 0.3 is 0 Å². The van der Waals surface area contributed by atoms with E-state index in [4.69, 9.17) is 14.7 Å². The number of aryl methyl sites for hydroxylation is 1. The molecule has 6 aromatic rings. The SMILES string of the molecule is Cc1cccc2c1nc1n(-c3cc(C(C)(C)C)ccn3)c3cc(Oc4cccc(N5C=CN(C)C5)c4)ccc3n21. The molecule has 40 heavy (non-hydrogen) atoms. The van der Waals surface area contributed by atoms with Gasteiger partial charge in [0.25, 0.3) is 0 Å². The van der Waals surface area contributed by atoms with E-state index in [1.54, 1.807) is 0 Å². The number of benzene rings is 3. The summed E-state index contributed by atoms with van der Waals surface area (Å²) in [6.45, 7) is 9.59. The summed E-state index contributed by atoms with van der Waals surface area (Å²) in [7, 11) is 2.06. The predicted octanol–water partition coefficient (Wildman–Crippen LogP) is 7.41. The number of nitrogens with zero attached hydrogens (tertiary/aromatic N) is 6. The molecule has 0 amide bonds. The third-order valence-corrected chi connectivity index (χ3v) is 7.60. The second kappa shape index (κ2) is 8.88. The van der Waals surface area contributed by atoms with E-state index in [2.05, 4.69) is 121 Å². The zero-order valence-corrected chi connectivity index (χ0v) is 23.5. The van der Waals surface area contributed by atoms with Crippen LogP contribution in [-0.2, 0) is 5.41 Å². The minimum atomic E-state index is -0.00766. The van der Waals surface area contributed by atoms with Crippen molar-refractivity contribution in [3.8, 4) is 17.3 Å². The highest BCUT2D eigenvalue weighted by Crippen LogP contribution is 2.35. The molecule has 7 rings (SSSR count). The van der Waals surface area contributed by atoms with E-state index in [-0.39, 0.29) is 5.41 Å². The number of fused-ring (bicyclic) bond motifs is 5. The van der Waals surface area contributed by atoms with Crippen LogP contribution in [0.4, 0.5) is 5.69 Å². The van der Waals surface area contributed by atoms with E-state index in [9.17, 15) is 0 Å². The van der Waals surface area contributed by atoms with Crippen molar-refractivity contribution in [1.82, 2.24) is 23.8 Å². The van der Waals surface area contributed by atoms with Crippen LogP contribution >= 0.6 is 0 Å². The molecule has 0 bridgehead atoms. The van der Waals surface area contributed by atoms with Gasteiger partial charge in [-0.3, -0.25) is 8.97 Å². The first kappa shape index (κ1) is 24.3. The van der Waals surface area contributed by atoms with Crippen LogP contribution < -0.4 is 9.64 Å². The number of hydrogen-bond donors (Lipinski definition) is 0. The molecular formula is C33H32N6O. The minimum absolute atomic E-state index is 0.00766. The largest absolute Gasteiger partial charge is 0.457 e. The Hall–Kier alpha value is -4.78. The number of rotatable bonds is 4. The summed E-state index contributed by atoms with van der Waals surface area (Å²) in [5.41, 5.74) is 7.57. The molecule has 1 aliphatic heterocycles. The summed E-state index contributed by atoms with van der Waals surface area (Å²) in [5.74, 6) is 3.22. The van der Waals surface area contributed by atoms with Crippen molar-refractivity contribution in [2.24, 2.45) is 0 Å². The highest BCUT2D eigenvalue weighted by Gasteiger charge is 2.21. The molecule has 3 aromatic carbocycles. The van der Waals surface area contributed by atoms with Gasteiger partial charge in [0.05, 0.1) is 28.7 Å². The van der Waals surface area contributed by atoms with Gasteiger partial charge in [0.15, 0.2) is 0 Å². The molecule has 3 aromatic heterocycles. The fourth-order valence-electron chi connectivity index (χ4n) is 5.45. The highest BCUT2D eigenvalue weighted by molar-refractivity contribution is 5.93. The number of aromatic nitrogens is 4. The maximum Gasteiger partial charge on any atom is 0.221 e. The van der Waals surface area contributed by atoms with Crippen LogP contribution in [0.1, 0.15) is 31.9 Å². The quantitative estimate of drug-likeness (QED) is 0.239. The fraction of sp³-hybridized carbons (Fsp3) is 0.212. The number of pyridine rings is 1. The minimum Gasteiger partial charge on any atom is -0.457 e. The van der Waals surface area contributed by atoms with Crippen molar-refractivity contribution in [1.29, 1.82) is 0 Å². The molecular weight excluding hydrogens is 496 g/mol. The topological polar surface area (TPSA) is 50.8 Å². The van der Waals surface area contributed by atoms with E-state index in [0.717, 1.165) is 63.1 Å². The third-order valence-electron chi connectivity index (χ3n) is 7.60. The van der Waals surface area contributed by atoms with Crippen molar-refractivity contribution in [3.05, 3.63) is 103 Å². The first-order chi connectivity index (χ1) is 19.3. The van der Waals surface area contributed by atoms with Gasteiger partial charge in [-0.1, -0.05) is 39.0 Å². The summed E-state index contributed by atoms with van der Waals surface area (Å²) >= 11 is 0. The van der Waals surface area contributed by atoms with Gasteiger partial charge in [-0.05, 0) is 65.9 Å². The van der Waals surface area contributed by atoms with Crippen molar-refractivity contribution >= 4 is 33.5 Å². The monoisotopic (exact) mass is 528 g/mol. The zero-order valence-electron chi connectivity index (χ0n) is 23.5. The van der Waals surface area contributed by atoms with E-state index in [1.807, 2.05) is 24.4 Å². The zero-order chi connectivity index (χ0) is 27.6. The van der Waals surface area contributed by atoms with Crippen LogP contribution in [-0.4, -0.2) is 37.6 Å². The molecule has 200 valence electrons. The van der Waals surface area contributed by atoms with Gasteiger partial charge < -0.3 is 14.5 Å². The lowest BCUT2D eigenvalue weighted by Crippen LogP contribution is -2.21. The Morgan fingerprint density at radius 2 is 1.65 bits per heavy atom. The Morgan fingerprint density at radius 3 is 2.45 bits per heavy atom. The van der Waals surface area contributed by atoms with Crippen LogP contribution in [0.5, 0.6) is 11.5 Å². The van der Waals surface area contributed by atoms with Crippen molar-refractivity contribution < 1.29 is 4.74 Å². The Balaban J connectivity index is 1.39. The Bertz CT molecular complexity index is 1940. The summed E-state index contributed by atoms with van der Waals surface area (Å²) in [6.07, 6.45) is 6.04. The molecule has 0 radical (unpaired) electrons. The number of imidazole rings is 2. The second-order valence-electron chi connectivity index (χ2n) is 11.6. The molecule has 0 atom stereocenters. The number of para-hydroxylation sites is 1. The molecule has 0 saturated heterocycles. The lowest BCUT2D eigenvalue weighted by atomic mass is 9.88. The van der Waals surface area contributed by atoms with Gasteiger partial charge in [-0.25, -0.2) is 9.97 Å². The summed E-state index contributed by atoms with van der Waals surface area (Å²) in [6, 6.07) is 25.0. The van der Waals surface area contributed by atoms with Crippen LogP contribution in [0.2, 0.25) is 0 Å². The van der Waals surface area contributed by atoms with Gasteiger partial charge in [0.1, 0.15) is 17.3 Å². The molecule has 4 heterocycles. The van der Waals surface area contributed by atoms with Crippen molar-refractivity contribution in [3.63, 3.8) is 0 Å². The molecule has 0 saturated carbocycles. The smallest absolute Gasteiger partial charge is 0.221 e. The lowest BCUT2D eigenvalue weighted by Gasteiger charge is -2.19. The van der Waals surface area contributed by atoms with Crippen LogP contribution in [0.25, 0.3) is 33.7 Å². The Kier molecular flexibility index (Phi) is 5.39. The Morgan fingerprint density at radius 1 is 0.825 bits per heavy atom. The van der Waals surface area contributed by atoms with Gasteiger partial charge in [-0.15, -0.1) is 0 Å². The summed E-state index contributed by atoms with van der Waals surface area (Å²) in [4.78, 5) is 14.3. The average Bonchev–Trinajstić information content (AvgIpc) is 3.62. The van der Waals surface area contributed by atoms with Crippen LogP contribution in [0, 0.1) is 6.92 Å². The normalized spacial score (nSPS) is 13.8. The van der Waals surface area contributed by atoms with Crippen molar-refractivity contribution in [2.75, 3.05) is 18.6 Å². The predicted molar refractivity (Wildman–Crippen MR) is 162 cm³/mol.